The van der Waals surface area contributed by atoms with Gasteiger partial charge in [-0.25, -0.2) is 0 Å². The maximum atomic E-state index is 12.4. The Morgan fingerprint density at radius 3 is 2.57 bits per heavy atom. The van der Waals surface area contributed by atoms with E-state index in [2.05, 4.69) is 5.32 Å². The van der Waals surface area contributed by atoms with Gasteiger partial charge in [0.25, 0.3) is 0 Å². The first-order valence-electron chi connectivity index (χ1n) is 6.90. The molecule has 2 heterocycles. The van der Waals surface area contributed by atoms with E-state index in [1.807, 2.05) is 6.92 Å². The predicted molar refractivity (Wildman–Crippen MR) is 74.7 cm³/mol. The number of anilines is 1. The molecule has 2 saturated heterocycles. The summed E-state index contributed by atoms with van der Waals surface area (Å²) in [6.07, 6.45) is 0.640. The molecule has 0 unspecified atom stereocenters. The van der Waals surface area contributed by atoms with Crippen molar-refractivity contribution in [2.75, 3.05) is 5.32 Å². The van der Waals surface area contributed by atoms with Crippen LogP contribution >= 0.6 is 11.6 Å². The molecule has 1 aromatic carbocycles. The number of amides is 1. The molecule has 0 spiro atoms. The monoisotopic (exact) mass is 308 g/mol. The summed E-state index contributed by atoms with van der Waals surface area (Å²) < 4.78 is 5.55. The minimum atomic E-state index is -1.22. The van der Waals surface area contributed by atoms with E-state index >= 15 is 0 Å². The van der Waals surface area contributed by atoms with E-state index in [4.69, 9.17) is 16.3 Å². The molecule has 112 valence electrons. The van der Waals surface area contributed by atoms with Crippen LogP contribution in [-0.2, 0) is 14.3 Å². The SMILES string of the molecule is Cc1ccc(NC(=O)[C@@H]2[C@@H](C(=O)[O-])[C@@H]3CC[C@H]2O3)cc1Cl. The fourth-order valence-corrected chi connectivity index (χ4v) is 3.39. The van der Waals surface area contributed by atoms with Crippen molar-refractivity contribution in [1.82, 2.24) is 0 Å². The molecule has 1 amide bonds. The highest BCUT2D eigenvalue weighted by atomic mass is 35.5. The van der Waals surface area contributed by atoms with Crippen molar-refractivity contribution in [2.24, 2.45) is 11.8 Å². The lowest BCUT2D eigenvalue weighted by atomic mass is 9.78. The number of halogens is 1. The number of benzene rings is 1. The second-order valence-corrected chi connectivity index (χ2v) is 6.02. The fourth-order valence-electron chi connectivity index (χ4n) is 3.21. The van der Waals surface area contributed by atoms with Crippen molar-refractivity contribution in [3.8, 4) is 0 Å². The Morgan fingerprint density at radius 1 is 1.29 bits per heavy atom. The Bertz CT molecular complexity index is 603. The number of aryl methyl sites for hydroxylation is 1. The molecule has 0 aromatic heterocycles. The number of nitrogens with one attached hydrogen (secondary N) is 1. The van der Waals surface area contributed by atoms with E-state index in [9.17, 15) is 14.7 Å². The van der Waals surface area contributed by atoms with Crippen LogP contribution in [0.25, 0.3) is 0 Å². The van der Waals surface area contributed by atoms with Crippen molar-refractivity contribution >= 4 is 29.2 Å². The third-order valence-corrected chi connectivity index (χ3v) is 4.69. The molecule has 2 bridgehead atoms. The molecule has 2 aliphatic rings. The predicted octanol–water partition coefficient (Wildman–Crippen LogP) is 1.13. The topological polar surface area (TPSA) is 78.5 Å². The van der Waals surface area contributed by atoms with Crippen LogP contribution in [-0.4, -0.2) is 24.1 Å². The Kier molecular flexibility index (Phi) is 3.63. The fraction of sp³-hybridized carbons (Fsp3) is 0.467. The molecule has 2 fully saturated rings. The Balaban J connectivity index is 1.78. The van der Waals surface area contributed by atoms with E-state index in [1.54, 1.807) is 18.2 Å². The molecule has 5 nitrogen and oxygen atoms in total. The van der Waals surface area contributed by atoms with Crippen molar-refractivity contribution in [3.63, 3.8) is 0 Å². The summed E-state index contributed by atoms with van der Waals surface area (Å²) in [5, 5.41) is 14.5. The number of hydrogen-bond acceptors (Lipinski definition) is 4. The van der Waals surface area contributed by atoms with Crippen LogP contribution in [0.3, 0.4) is 0 Å². The van der Waals surface area contributed by atoms with Crippen molar-refractivity contribution in [2.45, 2.75) is 32.0 Å². The minimum Gasteiger partial charge on any atom is -0.550 e. The summed E-state index contributed by atoms with van der Waals surface area (Å²) in [6.45, 7) is 1.86. The summed E-state index contributed by atoms with van der Waals surface area (Å²) in [7, 11) is 0. The summed E-state index contributed by atoms with van der Waals surface area (Å²) in [4.78, 5) is 23.7. The van der Waals surface area contributed by atoms with Crippen LogP contribution in [0.4, 0.5) is 5.69 Å². The van der Waals surface area contributed by atoms with Crippen molar-refractivity contribution in [3.05, 3.63) is 28.8 Å². The summed E-state index contributed by atoms with van der Waals surface area (Å²) in [6, 6.07) is 5.18. The van der Waals surface area contributed by atoms with Gasteiger partial charge in [-0.2, -0.15) is 0 Å². The summed E-state index contributed by atoms with van der Waals surface area (Å²) in [5.41, 5.74) is 1.46. The number of rotatable bonds is 3. The summed E-state index contributed by atoms with van der Waals surface area (Å²) >= 11 is 6.02. The highest BCUT2D eigenvalue weighted by molar-refractivity contribution is 6.31. The Morgan fingerprint density at radius 2 is 1.95 bits per heavy atom. The average molecular weight is 309 g/mol. The van der Waals surface area contributed by atoms with Crippen molar-refractivity contribution in [1.29, 1.82) is 0 Å². The van der Waals surface area contributed by atoms with Gasteiger partial charge in [0.2, 0.25) is 5.91 Å². The lowest BCUT2D eigenvalue weighted by Crippen LogP contribution is -2.46. The maximum absolute atomic E-state index is 12.4. The number of aliphatic carboxylic acids is 1. The number of carboxylic acids is 1. The van der Waals surface area contributed by atoms with E-state index in [1.165, 1.54) is 0 Å². The summed E-state index contributed by atoms with van der Waals surface area (Å²) in [5.74, 6) is -3.14. The normalized spacial score (nSPS) is 30.4. The molecule has 6 heteroatoms. The quantitative estimate of drug-likeness (QED) is 0.908. The van der Waals surface area contributed by atoms with Gasteiger partial charge >= 0.3 is 0 Å². The van der Waals surface area contributed by atoms with Crippen LogP contribution in [0.1, 0.15) is 18.4 Å². The lowest BCUT2D eigenvalue weighted by Gasteiger charge is -2.27. The van der Waals surface area contributed by atoms with E-state index in [0.29, 0.717) is 23.6 Å². The maximum Gasteiger partial charge on any atom is 0.230 e. The van der Waals surface area contributed by atoms with Crippen LogP contribution in [0.2, 0.25) is 5.02 Å². The van der Waals surface area contributed by atoms with E-state index < -0.39 is 23.9 Å². The smallest absolute Gasteiger partial charge is 0.230 e. The van der Waals surface area contributed by atoms with Crippen LogP contribution in [0.5, 0.6) is 0 Å². The van der Waals surface area contributed by atoms with Crippen molar-refractivity contribution < 1.29 is 19.4 Å². The number of ether oxygens (including phenoxy) is 1. The number of carboxylic acid groups (broad SMARTS) is 1. The third kappa shape index (κ3) is 2.51. The highest BCUT2D eigenvalue weighted by Gasteiger charge is 2.52. The minimum absolute atomic E-state index is 0.334. The molecular weight excluding hydrogens is 294 g/mol. The third-order valence-electron chi connectivity index (χ3n) is 4.29. The van der Waals surface area contributed by atoms with Gasteiger partial charge in [0, 0.05) is 22.6 Å². The van der Waals surface area contributed by atoms with E-state index in [-0.39, 0.29) is 12.0 Å². The van der Waals surface area contributed by atoms with Gasteiger partial charge in [-0.15, -0.1) is 0 Å². The lowest BCUT2D eigenvalue weighted by molar-refractivity contribution is -0.313. The molecule has 4 atom stereocenters. The zero-order chi connectivity index (χ0) is 15.1. The van der Waals surface area contributed by atoms with Gasteiger partial charge in [-0.3, -0.25) is 4.79 Å². The second kappa shape index (κ2) is 5.31. The molecule has 3 rings (SSSR count). The number of hydrogen-bond donors (Lipinski definition) is 1. The first kappa shape index (κ1) is 14.4. The Hall–Kier alpha value is -1.59. The van der Waals surface area contributed by atoms with E-state index in [0.717, 1.165) is 5.56 Å². The zero-order valence-electron chi connectivity index (χ0n) is 11.5. The molecule has 1 N–H and O–H groups in total. The molecule has 21 heavy (non-hydrogen) atoms. The number of carbonyl (C=O) groups is 2. The first-order chi connectivity index (χ1) is 9.97. The van der Waals surface area contributed by atoms with Gasteiger partial charge < -0.3 is 20.0 Å². The molecular formula is C15H15ClNO4-. The first-order valence-corrected chi connectivity index (χ1v) is 7.28. The Labute approximate surface area is 127 Å². The van der Waals surface area contributed by atoms with Gasteiger partial charge in [0.15, 0.2) is 0 Å². The number of carbonyl (C=O) groups excluding carboxylic acids is 2. The molecule has 1 aromatic rings. The van der Waals surface area contributed by atoms with Crippen LogP contribution in [0.15, 0.2) is 18.2 Å². The molecule has 2 aliphatic heterocycles. The highest BCUT2D eigenvalue weighted by Crippen LogP contribution is 2.43. The largest absolute Gasteiger partial charge is 0.550 e. The number of fused-ring (bicyclic) bond motifs is 2. The van der Waals surface area contributed by atoms with Gasteiger partial charge in [-0.05, 0) is 37.5 Å². The standard InChI is InChI=1S/C15H16ClNO4/c1-7-2-3-8(6-9(7)16)17-14(18)12-10-4-5-11(21-10)13(12)15(19)20/h2-3,6,10-13H,4-5H2,1H3,(H,17,18)(H,19,20)/p-1/t10-,11+,12+,13+/m1/s1. The molecule has 0 aliphatic carbocycles. The van der Waals surface area contributed by atoms with Gasteiger partial charge in [-0.1, -0.05) is 17.7 Å². The molecule has 0 saturated carbocycles. The van der Waals surface area contributed by atoms with Gasteiger partial charge in [0.1, 0.15) is 0 Å². The van der Waals surface area contributed by atoms with Gasteiger partial charge in [0.05, 0.1) is 18.1 Å². The van der Waals surface area contributed by atoms with Crippen LogP contribution in [0, 0.1) is 18.8 Å². The average Bonchev–Trinajstić information content (AvgIpc) is 3.03. The zero-order valence-corrected chi connectivity index (χ0v) is 12.2. The molecule has 0 radical (unpaired) electrons. The second-order valence-electron chi connectivity index (χ2n) is 5.61. The van der Waals surface area contributed by atoms with Crippen LogP contribution < -0.4 is 10.4 Å².